The molecule has 1 fully saturated rings. The van der Waals surface area contributed by atoms with Crippen LogP contribution in [0.4, 0.5) is 5.69 Å². The van der Waals surface area contributed by atoms with E-state index in [9.17, 15) is 19.8 Å². The first-order valence-corrected chi connectivity index (χ1v) is 11.0. The Bertz CT molecular complexity index is 1040. The second-order valence-corrected chi connectivity index (χ2v) is 9.54. The highest BCUT2D eigenvalue weighted by molar-refractivity contribution is 9.11. The van der Waals surface area contributed by atoms with Crippen LogP contribution < -0.4 is 5.32 Å². The van der Waals surface area contributed by atoms with Crippen LogP contribution in [0.1, 0.15) is 12.5 Å². The van der Waals surface area contributed by atoms with Crippen LogP contribution in [0.25, 0.3) is 6.08 Å². The van der Waals surface area contributed by atoms with Gasteiger partial charge in [0.2, 0.25) is 5.91 Å². The molecule has 29 heavy (non-hydrogen) atoms. The van der Waals surface area contributed by atoms with E-state index in [2.05, 4.69) is 37.2 Å². The number of carbonyl (C=O) groups is 2. The molecular weight excluding hydrogens is 544 g/mol. The highest BCUT2D eigenvalue weighted by Gasteiger charge is 2.38. The third-order valence-electron chi connectivity index (χ3n) is 4.07. The van der Waals surface area contributed by atoms with E-state index in [-0.39, 0.29) is 15.8 Å². The van der Waals surface area contributed by atoms with Crippen molar-refractivity contribution < 1.29 is 19.8 Å². The predicted molar refractivity (Wildman–Crippen MR) is 125 cm³/mol. The number of nitrogens with zero attached hydrogens (tertiary/aromatic N) is 1. The molecule has 1 heterocycles. The molecule has 0 radical (unpaired) electrons. The maximum atomic E-state index is 12.9. The van der Waals surface area contributed by atoms with Gasteiger partial charge in [0, 0.05) is 15.7 Å². The number of hydrogen-bond acceptors (Lipinski definition) is 6. The van der Waals surface area contributed by atoms with Crippen LogP contribution in [0.5, 0.6) is 11.5 Å². The second kappa shape index (κ2) is 8.86. The summed E-state index contributed by atoms with van der Waals surface area (Å²) in [7, 11) is 0. The lowest BCUT2D eigenvalue weighted by Gasteiger charge is -2.22. The molecule has 2 aromatic rings. The maximum absolute atomic E-state index is 12.9. The molecule has 0 bridgehead atoms. The van der Waals surface area contributed by atoms with Crippen molar-refractivity contribution >= 4 is 83.7 Å². The lowest BCUT2D eigenvalue weighted by molar-refractivity contribution is -0.129. The number of hydrogen-bond donors (Lipinski definition) is 3. The van der Waals surface area contributed by atoms with Crippen molar-refractivity contribution in [3.63, 3.8) is 0 Å². The molecule has 0 saturated carbocycles. The van der Waals surface area contributed by atoms with Crippen molar-refractivity contribution in [3.05, 3.63) is 55.8 Å². The number of phenols is 2. The average Bonchev–Trinajstić information content (AvgIpc) is 2.93. The first-order chi connectivity index (χ1) is 13.7. The Morgan fingerprint density at radius 1 is 1.24 bits per heavy atom. The lowest BCUT2D eigenvalue weighted by atomic mass is 10.1. The molecule has 0 aromatic heterocycles. The summed E-state index contributed by atoms with van der Waals surface area (Å²) in [6.45, 7) is 1.58. The summed E-state index contributed by atoms with van der Waals surface area (Å²) in [5, 5.41) is 22.2. The Morgan fingerprint density at radius 2 is 1.90 bits per heavy atom. The van der Waals surface area contributed by atoms with Crippen LogP contribution in [0.2, 0.25) is 0 Å². The van der Waals surface area contributed by atoms with Crippen molar-refractivity contribution in [3.8, 4) is 11.5 Å². The minimum absolute atomic E-state index is 0.00316. The monoisotopic (exact) mass is 556 g/mol. The van der Waals surface area contributed by atoms with Gasteiger partial charge in [-0.3, -0.25) is 14.5 Å². The third-order valence-corrected chi connectivity index (χ3v) is 6.46. The molecule has 3 N–H and O–H groups in total. The normalized spacial score (nSPS) is 16.4. The van der Waals surface area contributed by atoms with Crippen LogP contribution in [-0.2, 0) is 9.59 Å². The zero-order valence-electron chi connectivity index (χ0n) is 14.8. The number of phenolic OH excluding ortho intramolecular Hbond substituents is 2. The number of amides is 2. The zero-order chi connectivity index (χ0) is 21.3. The Morgan fingerprint density at radius 3 is 2.55 bits per heavy atom. The van der Waals surface area contributed by atoms with Crippen molar-refractivity contribution in [2.45, 2.75) is 13.0 Å². The van der Waals surface area contributed by atoms with Crippen LogP contribution in [0.15, 0.2) is 50.2 Å². The van der Waals surface area contributed by atoms with Crippen molar-refractivity contribution in [2.24, 2.45) is 0 Å². The Balaban J connectivity index is 1.81. The van der Waals surface area contributed by atoms with Gasteiger partial charge in [0.1, 0.15) is 21.9 Å². The summed E-state index contributed by atoms with van der Waals surface area (Å²) in [4.78, 5) is 27.0. The summed E-state index contributed by atoms with van der Waals surface area (Å²) in [6.07, 6.45) is 1.54. The molecule has 0 aliphatic carbocycles. The van der Waals surface area contributed by atoms with Gasteiger partial charge in [0.05, 0.1) is 9.38 Å². The van der Waals surface area contributed by atoms with Crippen LogP contribution in [0, 0.1) is 0 Å². The highest BCUT2D eigenvalue weighted by Crippen LogP contribution is 2.38. The van der Waals surface area contributed by atoms with E-state index in [0.717, 1.165) is 16.2 Å². The molecule has 1 atom stereocenters. The lowest BCUT2D eigenvalue weighted by Crippen LogP contribution is -2.44. The molecule has 150 valence electrons. The minimum atomic E-state index is -0.843. The Kier molecular flexibility index (Phi) is 6.67. The standard InChI is InChI=1S/C19H14Br2N2O4S2/c1-9(17(26)22-12-2-4-13(24)5-3-12)23-18(27)15(29-19(23)28)7-10-6-11(20)8-14(21)16(10)25/h2-9,24-25H,1H3,(H,22,26)/b15-7-. The SMILES string of the molecule is CC(C(=O)Nc1ccc(O)cc1)N1C(=O)/C(=C/c2cc(Br)cc(Br)c2O)SC1=S. The van der Waals surface area contributed by atoms with E-state index < -0.39 is 17.9 Å². The first-order valence-electron chi connectivity index (χ1n) is 8.22. The van der Waals surface area contributed by atoms with Crippen molar-refractivity contribution in [1.29, 1.82) is 0 Å². The van der Waals surface area contributed by atoms with Gasteiger partial charge < -0.3 is 15.5 Å². The molecule has 2 aromatic carbocycles. The van der Waals surface area contributed by atoms with Gasteiger partial charge in [-0.1, -0.05) is 39.9 Å². The molecule has 2 amide bonds. The van der Waals surface area contributed by atoms with E-state index in [4.69, 9.17) is 12.2 Å². The fourth-order valence-electron chi connectivity index (χ4n) is 2.56. The van der Waals surface area contributed by atoms with Crippen molar-refractivity contribution in [2.75, 3.05) is 5.32 Å². The molecule has 1 aliphatic heterocycles. The van der Waals surface area contributed by atoms with E-state index >= 15 is 0 Å². The van der Waals surface area contributed by atoms with E-state index in [1.165, 1.54) is 23.1 Å². The number of rotatable bonds is 4. The van der Waals surface area contributed by atoms with Gasteiger partial charge in [-0.2, -0.15) is 0 Å². The molecule has 3 rings (SSSR count). The Labute approximate surface area is 193 Å². The fraction of sp³-hybridized carbons (Fsp3) is 0.105. The third kappa shape index (κ3) is 4.82. The van der Waals surface area contributed by atoms with E-state index in [0.29, 0.717) is 20.6 Å². The van der Waals surface area contributed by atoms with Gasteiger partial charge in [-0.25, -0.2) is 0 Å². The number of halogens is 2. The molecule has 10 heteroatoms. The predicted octanol–water partition coefficient (Wildman–Crippen LogP) is 4.85. The summed E-state index contributed by atoms with van der Waals surface area (Å²) in [6, 6.07) is 8.53. The summed E-state index contributed by atoms with van der Waals surface area (Å²) in [5.41, 5.74) is 0.928. The van der Waals surface area contributed by atoms with Crippen LogP contribution in [-0.4, -0.2) is 37.3 Å². The second-order valence-electron chi connectivity index (χ2n) is 6.09. The minimum Gasteiger partial charge on any atom is -0.508 e. The van der Waals surface area contributed by atoms with Gasteiger partial charge >= 0.3 is 0 Å². The van der Waals surface area contributed by atoms with Gasteiger partial charge in [0.15, 0.2) is 0 Å². The van der Waals surface area contributed by atoms with Gasteiger partial charge in [-0.15, -0.1) is 0 Å². The van der Waals surface area contributed by atoms with Gasteiger partial charge in [0.25, 0.3) is 5.91 Å². The van der Waals surface area contributed by atoms with E-state index in [1.807, 2.05) is 0 Å². The Hall–Kier alpha value is -1.88. The number of nitrogens with one attached hydrogen (secondary N) is 1. The quantitative estimate of drug-likeness (QED) is 0.283. The summed E-state index contributed by atoms with van der Waals surface area (Å²) in [5.74, 6) is -0.748. The number of thiocarbonyl (C=S) groups is 1. The number of carbonyl (C=O) groups excluding carboxylic acids is 2. The van der Waals surface area contributed by atoms with Crippen LogP contribution in [0.3, 0.4) is 0 Å². The summed E-state index contributed by atoms with van der Waals surface area (Å²) < 4.78 is 1.46. The number of thioether (sulfide) groups is 1. The number of anilines is 1. The fourth-order valence-corrected chi connectivity index (χ4v) is 5.23. The maximum Gasteiger partial charge on any atom is 0.266 e. The number of aromatic hydroxyl groups is 2. The molecule has 0 spiro atoms. The molecule has 1 saturated heterocycles. The first kappa shape index (κ1) is 21.8. The van der Waals surface area contributed by atoms with Crippen molar-refractivity contribution in [1.82, 2.24) is 4.90 Å². The topological polar surface area (TPSA) is 89.9 Å². The zero-order valence-corrected chi connectivity index (χ0v) is 19.7. The largest absolute Gasteiger partial charge is 0.508 e. The van der Waals surface area contributed by atoms with Gasteiger partial charge in [-0.05, 0) is 65.3 Å². The number of benzene rings is 2. The molecular formula is C19H14Br2N2O4S2. The molecule has 6 nitrogen and oxygen atoms in total. The summed E-state index contributed by atoms with van der Waals surface area (Å²) >= 11 is 13.0. The molecule has 1 aliphatic rings. The highest BCUT2D eigenvalue weighted by atomic mass is 79.9. The van der Waals surface area contributed by atoms with E-state index in [1.54, 1.807) is 31.2 Å². The van der Waals surface area contributed by atoms with Crippen LogP contribution >= 0.6 is 55.8 Å². The smallest absolute Gasteiger partial charge is 0.266 e. The molecule has 1 unspecified atom stereocenters. The average molecular weight is 558 g/mol.